The maximum absolute atomic E-state index is 13.4. The number of benzene rings is 3. The summed E-state index contributed by atoms with van der Waals surface area (Å²) in [4.78, 5) is 27.2. The second-order valence-corrected chi connectivity index (χ2v) is 9.33. The van der Waals surface area contributed by atoms with Crippen LogP contribution in [0.15, 0.2) is 65.6 Å². The summed E-state index contributed by atoms with van der Waals surface area (Å²) in [6.45, 7) is 3.53. The number of aryl methyl sites for hydroxylation is 1. The van der Waals surface area contributed by atoms with Gasteiger partial charge in [-0.3, -0.25) is 4.79 Å². The van der Waals surface area contributed by atoms with Gasteiger partial charge in [0.1, 0.15) is 12.6 Å². The van der Waals surface area contributed by atoms with Gasteiger partial charge in [0.2, 0.25) is 0 Å². The molecule has 1 amide bonds. The lowest BCUT2D eigenvalue weighted by Crippen LogP contribution is -2.43. The van der Waals surface area contributed by atoms with Crippen molar-refractivity contribution in [1.82, 2.24) is 10.6 Å². The first-order valence-electron chi connectivity index (χ1n) is 11.2. The third kappa shape index (κ3) is 5.81. The molecule has 7 heteroatoms. The number of esters is 1. The normalized spacial score (nSPS) is 13.6. The van der Waals surface area contributed by atoms with Gasteiger partial charge in [-0.05, 0) is 59.8 Å². The molecule has 1 atom stereocenters. The quantitative estimate of drug-likeness (QED) is 0.330. The highest BCUT2D eigenvalue weighted by Crippen LogP contribution is 2.30. The number of rotatable bonds is 7. The molecule has 0 saturated carbocycles. The van der Waals surface area contributed by atoms with Gasteiger partial charge in [0.05, 0.1) is 10.6 Å². The summed E-state index contributed by atoms with van der Waals surface area (Å²) in [5, 5.41) is 6.67. The molecule has 0 saturated heterocycles. The number of fused-ring (bicyclic) bond motifs is 1. The minimum Gasteiger partial charge on any atom is -0.459 e. The van der Waals surface area contributed by atoms with Gasteiger partial charge in [-0.25, -0.2) is 4.79 Å². The van der Waals surface area contributed by atoms with Crippen molar-refractivity contribution in [1.29, 1.82) is 0 Å². The Morgan fingerprint density at radius 1 is 1.12 bits per heavy atom. The van der Waals surface area contributed by atoms with Crippen LogP contribution in [-0.4, -0.2) is 24.5 Å². The molecule has 3 aromatic rings. The Labute approximate surface area is 210 Å². The average Bonchev–Trinajstić information content (AvgIpc) is 2.83. The number of hydrogen-bond acceptors (Lipinski definition) is 5. The molecule has 1 heterocycles. The Hall–Kier alpha value is -2.80. The van der Waals surface area contributed by atoms with E-state index in [2.05, 4.69) is 23.3 Å². The predicted octanol–water partition coefficient (Wildman–Crippen LogP) is 4.67. The van der Waals surface area contributed by atoms with Crippen molar-refractivity contribution in [3.63, 3.8) is 0 Å². The van der Waals surface area contributed by atoms with Crippen molar-refractivity contribution in [2.24, 2.45) is 0 Å². The molecule has 0 radical (unpaired) electrons. The van der Waals surface area contributed by atoms with Crippen molar-refractivity contribution in [3.05, 3.63) is 99.1 Å². The Morgan fingerprint density at radius 2 is 1.88 bits per heavy atom. The van der Waals surface area contributed by atoms with E-state index in [0.29, 0.717) is 10.6 Å². The van der Waals surface area contributed by atoms with E-state index in [4.69, 9.17) is 16.3 Å². The number of halogens is 1. The zero-order valence-corrected chi connectivity index (χ0v) is 20.6. The van der Waals surface area contributed by atoms with Gasteiger partial charge < -0.3 is 15.4 Å². The van der Waals surface area contributed by atoms with Crippen LogP contribution in [0.1, 0.15) is 38.2 Å². The van der Waals surface area contributed by atoms with Crippen LogP contribution < -0.4 is 10.6 Å². The van der Waals surface area contributed by atoms with Gasteiger partial charge >= 0.3 is 5.97 Å². The monoisotopic (exact) mass is 494 g/mol. The zero-order valence-electron chi connectivity index (χ0n) is 18.9. The van der Waals surface area contributed by atoms with Gasteiger partial charge in [-0.15, -0.1) is 12.6 Å². The molecule has 0 bridgehead atoms. The van der Waals surface area contributed by atoms with Crippen molar-refractivity contribution in [2.45, 2.75) is 43.9 Å². The van der Waals surface area contributed by atoms with Crippen LogP contribution in [0.2, 0.25) is 5.02 Å². The fourth-order valence-corrected chi connectivity index (χ4v) is 4.90. The third-order valence-corrected chi connectivity index (χ3v) is 6.61. The van der Waals surface area contributed by atoms with Crippen LogP contribution in [0, 0.1) is 6.92 Å². The molecule has 0 spiro atoms. The van der Waals surface area contributed by atoms with E-state index >= 15 is 0 Å². The summed E-state index contributed by atoms with van der Waals surface area (Å²) in [6, 6.07) is 18.1. The number of ether oxygens (including phenoxy) is 1. The summed E-state index contributed by atoms with van der Waals surface area (Å²) in [7, 11) is 0. The maximum atomic E-state index is 13.4. The lowest BCUT2D eigenvalue weighted by molar-refractivity contribution is -0.147. The standard InChI is InChI=1S/C27H27ClN2O3S/c1-17-12-20-15-29-11-10-22(20)25(28)24(17)26(31)30-23(14-19-8-5-9-21(34)13-19)27(32)33-16-18-6-3-2-4-7-18/h2-9,12-13,23,29,34H,10-11,14-16H2,1H3,(H,30,31)/t23-/m0/s1. The summed E-state index contributed by atoms with van der Waals surface area (Å²) >= 11 is 11.1. The Morgan fingerprint density at radius 3 is 2.65 bits per heavy atom. The second kappa shape index (κ2) is 11.1. The summed E-state index contributed by atoms with van der Waals surface area (Å²) in [5.41, 5.74) is 5.02. The first-order valence-corrected chi connectivity index (χ1v) is 12.1. The first-order chi connectivity index (χ1) is 16.4. The Balaban J connectivity index is 1.57. The lowest BCUT2D eigenvalue weighted by atomic mass is 9.94. The third-order valence-electron chi connectivity index (χ3n) is 5.92. The number of nitrogens with one attached hydrogen (secondary N) is 2. The van der Waals surface area contributed by atoms with E-state index in [0.717, 1.165) is 52.2 Å². The molecule has 0 aliphatic carbocycles. The van der Waals surface area contributed by atoms with Crippen molar-refractivity contribution < 1.29 is 14.3 Å². The molecule has 1 aliphatic rings. The fraction of sp³-hybridized carbons (Fsp3) is 0.259. The van der Waals surface area contributed by atoms with Crippen LogP contribution in [0.3, 0.4) is 0 Å². The van der Waals surface area contributed by atoms with Crippen molar-refractivity contribution >= 4 is 36.1 Å². The molecule has 2 N–H and O–H groups in total. The molecule has 5 nitrogen and oxygen atoms in total. The molecule has 176 valence electrons. The molecule has 34 heavy (non-hydrogen) atoms. The summed E-state index contributed by atoms with van der Waals surface area (Å²) < 4.78 is 5.57. The van der Waals surface area contributed by atoms with Crippen LogP contribution in [0.5, 0.6) is 0 Å². The number of carbonyl (C=O) groups excluding carboxylic acids is 2. The topological polar surface area (TPSA) is 67.4 Å². The summed E-state index contributed by atoms with van der Waals surface area (Å²) in [6.07, 6.45) is 1.03. The Kier molecular flexibility index (Phi) is 7.93. The van der Waals surface area contributed by atoms with Crippen molar-refractivity contribution in [3.8, 4) is 0 Å². The van der Waals surface area contributed by atoms with E-state index in [1.807, 2.05) is 67.6 Å². The molecular weight excluding hydrogens is 468 g/mol. The van der Waals surface area contributed by atoms with Gasteiger partial charge in [-0.1, -0.05) is 60.1 Å². The molecule has 0 aromatic heterocycles. The molecule has 0 fully saturated rings. The molecule has 4 rings (SSSR count). The zero-order chi connectivity index (χ0) is 24.1. The van der Waals surface area contributed by atoms with E-state index in [9.17, 15) is 9.59 Å². The highest BCUT2D eigenvalue weighted by molar-refractivity contribution is 7.80. The van der Waals surface area contributed by atoms with Crippen LogP contribution in [-0.2, 0) is 35.5 Å². The largest absolute Gasteiger partial charge is 0.459 e. The minimum atomic E-state index is -0.875. The number of thiol groups is 1. The van der Waals surface area contributed by atoms with Crippen LogP contribution in [0.4, 0.5) is 0 Å². The molecular formula is C27H27ClN2O3S. The van der Waals surface area contributed by atoms with E-state index in [1.165, 1.54) is 0 Å². The number of amides is 1. The van der Waals surface area contributed by atoms with Gasteiger partial charge in [0.15, 0.2) is 0 Å². The second-order valence-electron chi connectivity index (χ2n) is 8.44. The highest BCUT2D eigenvalue weighted by Gasteiger charge is 2.27. The Bertz CT molecular complexity index is 1200. The van der Waals surface area contributed by atoms with Gasteiger partial charge in [0, 0.05) is 17.9 Å². The van der Waals surface area contributed by atoms with Gasteiger partial charge in [-0.2, -0.15) is 0 Å². The number of carbonyl (C=O) groups is 2. The van der Waals surface area contributed by atoms with E-state index in [-0.39, 0.29) is 18.9 Å². The minimum absolute atomic E-state index is 0.129. The predicted molar refractivity (Wildman–Crippen MR) is 136 cm³/mol. The van der Waals surface area contributed by atoms with Crippen LogP contribution >= 0.6 is 24.2 Å². The number of hydrogen-bond donors (Lipinski definition) is 3. The molecule has 1 aliphatic heterocycles. The SMILES string of the molecule is Cc1cc2c(c(Cl)c1C(=O)N[C@@H](Cc1cccc(S)c1)C(=O)OCc1ccccc1)CCNC2. The van der Waals surface area contributed by atoms with E-state index < -0.39 is 12.0 Å². The summed E-state index contributed by atoms with van der Waals surface area (Å²) in [5.74, 6) is -0.884. The van der Waals surface area contributed by atoms with Crippen molar-refractivity contribution in [2.75, 3.05) is 6.54 Å². The molecule has 3 aromatic carbocycles. The smallest absolute Gasteiger partial charge is 0.329 e. The fourth-order valence-electron chi connectivity index (χ4n) is 4.20. The highest BCUT2D eigenvalue weighted by atomic mass is 35.5. The van der Waals surface area contributed by atoms with E-state index in [1.54, 1.807) is 0 Å². The van der Waals surface area contributed by atoms with Gasteiger partial charge in [0.25, 0.3) is 5.91 Å². The molecule has 0 unspecified atom stereocenters. The first kappa shape index (κ1) is 24.3. The average molecular weight is 495 g/mol. The van der Waals surface area contributed by atoms with Crippen LogP contribution in [0.25, 0.3) is 0 Å². The maximum Gasteiger partial charge on any atom is 0.329 e. The lowest BCUT2D eigenvalue weighted by Gasteiger charge is -2.23.